The van der Waals surface area contributed by atoms with Gasteiger partial charge in [0.2, 0.25) is 0 Å². The molecule has 0 aliphatic heterocycles. The average molecular weight is 685 g/mol. The van der Waals surface area contributed by atoms with Gasteiger partial charge in [0, 0.05) is 51.5 Å². The molecule has 0 unspecified atom stereocenters. The zero-order valence-corrected chi connectivity index (χ0v) is 26.1. The standard InChI is InChI=1S/C30H18F6S6/c31-15-19(17-13-24(20-5-1-9-37-20)41-27(17)22-7-3-11-39-22)26(30(35,36)29(33,34)16-32)18-14-25(21-6-2-10-38-21)42-28(18)23-8-4-12-40-23/h1-14H,15-16H2/b26-19+. The number of allylic oxidation sites excluding steroid dienone is 2. The van der Waals surface area contributed by atoms with Gasteiger partial charge in [0.15, 0.2) is 6.67 Å². The van der Waals surface area contributed by atoms with Crippen molar-refractivity contribution in [1.82, 2.24) is 0 Å². The van der Waals surface area contributed by atoms with Gasteiger partial charge < -0.3 is 0 Å². The molecule has 0 amide bonds. The van der Waals surface area contributed by atoms with E-state index in [-0.39, 0.29) is 11.1 Å². The fourth-order valence-electron chi connectivity index (χ4n) is 4.52. The Morgan fingerprint density at radius 2 is 1.00 bits per heavy atom. The van der Waals surface area contributed by atoms with Crippen LogP contribution in [0.3, 0.4) is 0 Å². The molecule has 6 heterocycles. The summed E-state index contributed by atoms with van der Waals surface area (Å²) in [6.07, 6.45) is 0. The molecule has 6 aromatic rings. The van der Waals surface area contributed by atoms with E-state index in [4.69, 9.17) is 0 Å². The van der Waals surface area contributed by atoms with Gasteiger partial charge in [0.1, 0.15) is 6.67 Å². The summed E-state index contributed by atoms with van der Waals surface area (Å²) in [6.45, 7) is -4.05. The molecule has 6 aromatic heterocycles. The third kappa shape index (κ3) is 5.26. The summed E-state index contributed by atoms with van der Waals surface area (Å²) in [5, 5.41) is 7.23. The second-order valence-electron chi connectivity index (χ2n) is 9.02. The quantitative estimate of drug-likeness (QED) is 0.126. The van der Waals surface area contributed by atoms with Crippen LogP contribution < -0.4 is 0 Å². The van der Waals surface area contributed by atoms with Crippen molar-refractivity contribution in [2.24, 2.45) is 0 Å². The van der Waals surface area contributed by atoms with E-state index >= 15 is 13.2 Å². The molecule has 0 bridgehead atoms. The molecule has 0 radical (unpaired) electrons. The van der Waals surface area contributed by atoms with Crippen molar-refractivity contribution in [1.29, 1.82) is 0 Å². The molecule has 0 fully saturated rings. The highest BCUT2D eigenvalue weighted by molar-refractivity contribution is 7.26. The first-order valence-corrected chi connectivity index (χ1v) is 17.5. The van der Waals surface area contributed by atoms with Gasteiger partial charge in [-0.15, -0.1) is 68.0 Å². The molecule has 0 saturated carbocycles. The number of alkyl halides is 6. The number of hydrogen-bond acceptors (Lipinski definition) is 6. The lowest BCUT2D eigenvalue weighted by Gasteiger charge is -2.29. The van der Waals surface area contributed by atoms with E-state index in [1.165, 1.54) is 62.8 Å². The van der Waals surface area contributed by atoms with Gasteiger partial charge >= 0.3 is 11.8 Å². The van der Waals surface area contributed by atoms with Gasteiger partial charge in [-0.1, -0.05) is 24.3 Å². The summed E-state index contributed by atoms with van der Waals surface area (Å²) in [6, 6.07) is 17.3. The smallest absolute Gasteiger partial charge is 0.246 e. The molecule has 0 aromatic carbocycles. The van der Waals surface area contributed by atoms with E-state index in [0.717, 1.165) is 21.1 Å². The molecule has 216 valence electrons. The van der Waals surface area contributed by atoms with Crippen molar-refractivity contribution >= 4 is 79.2 Å². The minimum Gasteiger partial charge on any atom is -0.246 e. The third-order valence-corrected chi connectivity index (χ3v) is 13.0. The van der Waals surface area contributed by atoms with E-state index in [2.05, 4.69) is 0 Å². The maximum absolute atomic E-state index is 16.2. The molecule has 0 atom stereocenters. The van der Waals surface area contributed by atoms with E-state index in [0.29, 0.717) is 29.3 Å². The highest BCUT2D eigenvalue weighted by Gasteiger charge is 2.60. The summed E-state index contributed by atoms with van der Waals surface area (Å²) in [5.41, 5.74) is -1.90. The minimum absolute atomic E-state index is 0.0960. The van der Waals surface area contributed by atoms with Gasteiger partial charge in [0.05, 0.1) is 9.75 Å². The van der Waals surface area contributed by atoms with Crippen LogP contribution in [-0.4, -0.2) is 25.2 Å². The molecule has 0 nitrogen and oxygen atoms in total. The minimum atomic E-state index is -5.07. The van der Waals surface area contributed by atoms with E-state index in [9.17, 15) is 13.2 Å². The first kappa shape index (κ1) is 29.6. The van der Waals surface area contributed by atoms with Gasteiger partial charge in [-0.2, -0.15) is 17.6 Å². The lowest BCUT2D eigenvalue weighted by Crippen LogP contribution is -2.43. The van der Waals surface area contributed by atoms with E-state index < -0.39 is 36.3 Å². The van der Waals surface area contributed by atoms with Crippen molar-refractivity contribution in [3.8, 4) is 39.0 Å². The molecular formula is C30H18F6S6. The van der Waals surface area contributed by atoms with E-state index in [1.807, 2.05) is 22.9 Å². The lowest BCUT2D eigenvalue weighted by molar-refractivity contribution is -0.180. The Bertz CT molecular complexity index is 1790. The van der Waals surface area contributed by atoms with Crippen molar-refractivity contribution < 1.29 is 26.3 Å². The number of hydrogen-bond donors (Lipinski definition) is 0. The van der Waals surface area contributed by atoms with Crippen molar-refractivity contribution in [2.75, 3.05) is 13.3 Å². The van der Waals surface area contributed by atoms with E-state index in [1.54, 1.807) is 53.2 Å². The number of thiophene rings is 6. The normalized spacial score (nSPS) is 13.1. The highest BCUT2D eigenvalue weighted by atomic mass is 32.1. The van der Waals surface area contributed by atoms with Crippen LogP contribution in [0.25, 0.3) is 50.2 Å². The summed E-state index contributed by atoms with van der Waals surface area (Å²) >= 11 is 7.83. The summed E-state index contributed by atoms with van der Waals surface area (Å²) in [5.74, 6) is -10.1. The molecule has 0 N–H and O–H groups in total. The number of halogens is 6. The first-order valence-electron chi connectivity index (χ1n) is 12.3. The largest absolute Gasteiger partial charge is 0.342 e. The zero-order valence-electron chi connectivity index (χ0n) is 21.2. The topological polar surface area (TPSA) is 0 Å². The predicted octanol–water partition coefficient (Wildman–Crippen LogP) is 12.8. The van der Waals surface area contributed by atoms with Crippen LogP contribution in [0.4, 0.5) is 26.3 Å². The Kier molecular flexibility index (Phi) is 8.38. The predicted molar refractivity (Wildman–Crippen MR) is 171 cm³/mol. The number of rotatable bonds is 10. The van der Waals surface area contributed by atoms with Crippen molar-refractivity contribution in [3.63, 3.8) is 0 Å². The van der Waals surface area contributed by atoms with Crippen molar-refractivity contribution in [2.45, 2.75) is 11.8 Å². The molecule has 12 heteroatoms. The highest BCUT2D eigenvalue weighted by Crippen LogP contribution is 2.55. The van der Waals surface area contributed by atoms with Crippen molar-refractivity contribution in [3.05, 3.63) is 93.3 Å². The van der Waals surface area contributed by atoms with Crippen LogP contribution in [0.15, 0.2) is 82.2 Å². The second-order valence-corrected chi connectivity index (χ2v) is 14.9. The Morgan fingerprint density at radius 1 is 0.571 bits per heavy atom. The summed E-state index contributed by atoms with van der Waals surface area (Å²) in [4.78, 5) is 4.89. The van der Waals surface area contributed by atoms with Gasteiger partial charge in [-0.05, 0) is 57.9 Å². The maximum atomic E-state index is 16.2. The summed E-state index contributed by atoms with van der Waals surface area (Å²) < 4.78 is 91.3. The van der Waals surface area contributed by atoms with Crippen LogP contribution in [-0.2, 0) is 0 Å². The van der Waals surface area contributed by atoms with Crippen LogP contribution in [0.1, 0.15) is 11.1 Å². The Labute approximate surface area is 261 Å². The Morgan fingerprint density at radius 3 is 1.40 bits per heavy atom. The van der Waals surface area contributed by atoms with Gasteiger partial charge in [-0.25, -0.2) is 8.78 Å². The Balaban J connectivity index is 1.71. The zero-order chi connectivity index (χ0) is 29.5. The molecular weight excluding hydrogens is 667 g/mol. The fourth-order valence-corrected chi connectivity index (χ4v) is 10.3. The second kappa shape index (κ2) is 11.9. The lowest BCUT2D eigenvalue weighted by atomic mass is 9.87. The average Bonchev–Trinajstić information content (AvgIpc) is 3.82. The Hall–Kier alpha value is -2.48. The fraction of sp³-hybridized carbons (Fsp3) is 0.133. The van der Waals surface area contributed by atoms with Gasteiger partial charge in [0.25, 0.3) is 0 Å². The molecule has 0 aliphatic rings. The van der Waals surface area contributed by atoms with Crippen LogP contribution in [0, 0.1) is 0 Å². The first-order chi connectivity index (χ1) is 20.2. The van der Waals surface area contributed by atoms with Crippen LogP contribution in [0.2, 0.25) is 0 Å². The molecule has 42 heavy (non-hydrogen) atoms. The van der Waals surface area contributed by atoms with Crippen LogP contribution in [0.5, 0.6) is 0 Å². The molecule has 6 rings (SSSR count). The van der Waals surface area contributed by atoms with Crippen LogP contribution >= 0.6 is 68.0 Å². The SMILES string of the molecule is FC/C(=C(/c1cc(-c2cccs2)sc1-c1cccs1)C(F)(F)C(F)(F)CF)c1cc(-c2cccs2)sc1-c1cccs1. The monoisotopic (exact) mass is 684 g/mol. The molecule has 0 spiro atoms. The molecule has 0 aliphatic carbocycles. The summed E-state index contributed by atoms with van der Waals surface area (Å²) in [7, 11) is 0. The maximum Gasteiger partial charge on any atom is 0.342 e. The molecule has 0 saturated heterocycles. The third-order valence-electron chi connectivity index (χ3n) is 6.45. The van der Waals surface area contributed by atoms with Gasteiger partial charge in [-0.3, -0.25) is 0 Å².